The third kappa shape index (κ3) is 5.51. The van der Waals surface area contributed by atoms with Gasteiger partial charge in [-0.1, -0.05) is 17.7 Å². The molecule has 23 heavy (non-hydrogen) atoms. The standard InChI is InChI=1S/C14H12ClFN2O3S2/c15-10-4-6-12(7-5-10)22-9-14(19)17-18-23(20,21)13-3-1-2-11(16)8-13/h1-8,18H,9H2,(H,17,19). The lowest BCUT2D eigenvalue weighted by Crippen LogP contribution is -2.42. The molecule has 0 heterocycles. The Morgan fingerprint density at radius 1 is 1.17 bits per heavy atom. The second-order valence-electron chi connectivity index (χ2n) is 4.35. The number of thioether (sulfide) groups is 1. The van der Waals surface area contributed by atoms with Gasteiger partial charge in [-0.2, -0.15) is 0 Å². The van der Waals surface area contributed by atoms with Gasteiger partial charge in [0.05, 0.1) is 10.6 Å². The van der Waals surface area contributed by atoms with E-state index in [0.29, 0.717) is 5.02 Å². The van der Waals surface area contributed by atoms with E-state index >= 15 is 0 Å². The molecule has 0 unspecified atom stereocenters. The number of hydrogen-bond acceptors (Lipinski definition) is 4. The summed E-state index contributed by atoms with van der Waals surface area (Å²) in [6, 6.07) is 11.3. The first-order valence-electron chi connectivity index (χ1n) is 6.31. The lowest BCUT2D eigenvalue weighted by Gasteiger charge is -2.08. The number of amides is 1. The fourth-order valence-electron chi connectivity index (χ4n) is 1.53. The molecule has 0 aliphatic rings. The molecule has 0 aliphatic carbocycles. The van der Waals surface area contributed by atoms with Gasteiger partial charge in [-0.15, -0.1) is 16.6 Å². The van der Waals surface area contributed by atoms with Crippen LogP contribution in [0, 0.1) is 5.82 Å². The molecule has 1 amide bonds. The van der Waals surface area contributed by atoms with Crippen molar-refractivity contribution in [3.8, 4) is 0 Å². The van der Waals surface area contributed by atoms with Crippen molar-refractivity contribution in [2.24, 2.45) is 0 Å². The van der Waals surface area contributed by atoms with Crippen LogP contribution in [-0.4, -0.2) is 20.1 Å². The topological polar surface area (TPSA) is 75.3 Å². The predicted octanol–water partition coefficient (Wildman–Crippen LogP) is 2.58. The van der Waals surface area contributed by atoms with Crippen LogP contribution < -0.4 is 10.3 Å². The van der Waals surface area contributed by atoms with Gasteiger partial charge in [-0.3, -0.25) is 10.2 Å². The molecule has 0 saturated heterocycles. The minimum atomic E-state index is -4.02. The molecule has 2 aromatic rings. The van der Waals surface area contributed by atoms with Crippen LogP contribution in [0.1, 0.15) is 0 Å². The Morgan fingerprint density at radius 3 is 2.52 bits per heavy atom. The van der Waals surface area contributed by atoms with Crippen molar-refractivity contribution in [2.45, 2.75) is 9.79 Å². The molecule has 0 radical (unpaired) electrons. The molecule has 2 rings (SSSR count). The summed E-state index contributed by atoms with van der Waals surface area (Å²) in [5.74, 6) is -1.21. The molecule has 0 aliphatic heterocycles. The molecule has 5 nitrogen and oxygen atoms in total. The maximum Gasteiger partial charge on any atom is 0.257 e. The second kappa shape index (κ2) is 7.78. The summed E-state index contributed by atoms with van der Waals surface area (Å²) >= 11 is 6.97. The zero-order valence-electron chi connectivity index (χ0n) is 11.6. The van der Waals surface area contributed by atoms with E-state index in [1.54, 1.807) is 24.3 Å². The van der Waals surface area contributed by atoms with Gasteiger partial charge in [0.25, 0.3) is 10.0 Å². The molecule has 0 aromatic heterocycles. The van der Waals surface area contributed by atoms with Gasteiger partial charge in [0.1, 0.15) is 5.82 Å². The van der Waals surface area contributed by atoms with E-state index in [0.717, 1.165) is 17.0 Å². The monoisotopic (exact) mass is 374 g/mol. The normalized spacial score (nSPS) is 11.2. The molecule has 2 aromatic carbocycles. The van der Waals surface area contributed by atoms with Crippen LogP contribution in [0.15, 0.2) is 58.3 Å². The Hall–Kier alpha value is -1.61. The van der Waals surface area contributed by atoms with Crippen molar-refractivity contribution in [3.63, 3.8) is 0 Å². The highest BCUT2D eigenvalue weighted by Crippen LogP contribution is 2.19. The van der Waals surface area contributed by atoms with Gasteiger partial charge in [-0.05, 0) is 42.5 Å². The largest absolute Gasteiger partial charge is 0.277 e. The number of carbonyl (C=O) groups is 1. The molecule has 0 spiro atoms. The number of hydrogen-bond donors (Lipinski definition) is 2. The highest BCUT2D eigenvalue weighted by molar-refractivity contribution is 8.00. The van der Waals surface area contributed by atoms with Gasteiger partial charge >= 0.3 is 0 Å². The smallest absolute Gasteiger partial charge is 0.257 e. The highest BCUT2D eigenvalue weighted by Gasteiger charge is 2.15. The van der Waals surface area contributed by atoms with Gasteiger partial charge in [0.2, 0.25) is 5.91 Å². The number of sulfonamides is 1. The first kappa shape index (κ1) is 17.7. The summed E-state index contributed by atoms with van der Waals surface area (Å²) in [4.78, 5) is 14.1. The minimum absolute atomic E-state index is 0.00725. The molecule has 122 valence electrons. The van der Waals surface area contributed by atoms with Crippen molar-refractivity contribution in [1.82, 2.24) is 10.3 Å². The van der Waals surface area contributed by atoms with Crippen molar-refractivity contribution in [2.75, 3.05) is 5.75 Å². The quantitative estimate of drug-likeness (QED) is 0.602. The average Bonchev–Trinajstić information content (AvgIpc) is 2.52. The van der Waals surface area contributed by atoms with Crippen LogP contribution in [0.4, 0.5) is 4.39 Å². The predicted molar refractivity (Wildman–Crippen MR) is 87.0 cm³/mol. The van der Waals surface area contributed by atoms with Gasteiger partial charge < -0.3 is 0 Å². The van der Waals surface area contributed by atoms with Crippen LogP contribution in [0.3, 0.4) is 0 Å². The third-order valence-electron chi connectivity index (χ3n) is 2.61. The zero-order valence-corrected chi connectivity index (χ0v) is 14.0. The van der Waals surface area contributed by atoms with E-state index < -0.39 is 21.7 Å². The highest BCUT2D eigenvalue weighted by atomic mass is 35.5. The molecular weight excluding hydrogens is 363 g/mol. The minimum Gasteiger partial charge on any atom is -0.277 e. The Labute approximate surface area is 142 Å². The molecule has 0 fully saturated rings. The molecule has 0 bridgehead atoms. The van der Waals surface area contributed by atoms with Crippen molar-refractivity contribution >= 4 is 39.3 Å². The maximum absolute atomic E-state index is 13.0. The first-order valence-corrected chi connectivity index (χ1v) is 9.16. The summed E-state index contributed by atoms with van der Waals surface area (Å²) in [5.41, 5.74) is 2.08. The van der Waals surface area contributed by atoms with Crippen LogP contribution in [-0.2, 0) is 14.8 Å². The van der Waals surface area contributed by atoms with Crippen LogP contribution in [0.2, 0.25) is 5.02 Å². The Bertz CT molecular complexity index is 798. The molecule has 9 heteroatoms. The van der Waals surface area contributed by atoms with E-state index in [-0.39, 0.29) is 10.6 Å². The van der Waals surface area contributed by atoms with E-state index in [1.165, 1.54) is 23.9 Å². The number of benzene rings is 2. The summed E-state index contributed by atoms with van der Waals surface area (Å²) in [6.07, 6.45) is 0. The average molecular weight is 375 g/mol. The van der Waals surface area contributed by atoms with Crippen molar-refractivity contribution < 1.29 is 17.6 Å². The fraction of sp³-hybridized carbons (Fsp3) is 0.0714. The molecule has 0 atom stereocenters. The molecule has 2 N–H and O–H groups in total. The molecular formula is C14H12ClFN2O3S2. The fourth-order valence-corrected chi connectivity index (χ4v) is 3.25. The Balaban J connectivity index is 1.87. The van der Waals surface area contributed by atoms with Crippen LogP contribution in [0.5, 0.6) is 0 Å². The van der Waals surface area contributed by atoms with Crippen LogP contribution in [0.25, 0.3) is 0 Å². The zero-order chi connectivity index (χ0) is 16.9. The van der Waals surface area contributed by atoms with E-state index in [1.807, 2.05) is 4.83 Å². The number of nitrogens with one attached hydrogen (secondary N) is 2. The third-order valence-corrected chi connectivity index (χ3v) is 5.12. The second-order valence-corrected chi connectivity index (χ2v) is 7.52. The van der Waals surface area contributed by atoms with E-state index in [2.05, 4.69) is 5.43 Å². The SMILES string of the molecule is O=C(CSc1ccc(Cl)cc1)NNS(=O)(=O)c1cccc(F)c1. The number of halogens is 2. The summed E-state index contributed by atoms with van der Waals surface area (Å²) in [6.45, 7) is 0. The number of hydrazine groups is 1. The number of rotatable bonds is 6. The van der Waals surface area contributed by atoms with Crippen LogP contribution >= 0.6 is 23.4 Å². The van der Waals surface area contributed by atoms with Gasteiger partial charge in [0.15, 0.2) is 0 Å². The summed E-state index contributed by atoms with van der Waals surface area (Å²) < 4.78 is 36.8. The van der Waals surface area contributed by atoms with Gasteiger partial charge in [0, 0.05) is 9.92 Å². The lowest BCUT2D eigenvalue weighted by molar-refractivity contribution is -0.119. The maximum atomic E-state index is 13.0. The summed E-state index contributed by atoms with van der Waals surface area (Å²) in [7, 11) is -4.02. The first-order chi connectivity index (χ1) is 10.9. The Kier molecular flexibility index (Phi) is 6.00. The van der Waals surface area contributed by atoms with E-state index in [4.69, 9.17) is 11.6 Å². The lowest BCUT2D eigenvalue weighted by atomic mass is 10.4. The van der Waals surface area contributed by atoms with Crippen molar-refractivity contribution in [1.29, 1.82) is 0 Å². The van der Waals surface area contributed by atoms with Crippen molar-refractivity contribution in [3.05, 3.63) is 59.4 Å². The molecule has 0 saturated carbocycles. The van der Waals surface area contributed by atoms with E-state index in [9.17, 15) is 17.6 Å². The Morgan fingerprint density at radius 2 is 1.87 bits per heavy atom. The van der Waals surface area contributed by atoms with Gasteiger partial charge in [-0.25, -0.2) is 12.8 Å². The number of carbonyl (C=O) groups excluding carboxylic acids is 1. The summed E-state index contributed by atoms with van der Waals surface area (Å²) in [5, 5.41) is 0.585.